The van der Waals surface area contributed by atoms with Gasteiger partial charge in [-0.2, -0.15) is 0 Å². The normalized spacial score (nSPS) is 12.4. The molecule has 25 heavy (non-hydrogen) atoms. The highest BCUT2D eigenvalue weighted by Gasteiger charge is 2.27. The van der Waals surface area contributed by atoms with Crippen molar-refractivity contribution in [3.05, 3.63) is 30.3 Å². The monoisotopic (exact) mass is 371 g/mol. The first-order valence-corrected chi connectivity index (χ1v) is 8.96. The number of carbonyl (C=O) groups excluding carboxylic acids is 3. The van der Waals surface area contributed by atoms with Crippen LogP contribution in [0.4, 0.5) is 4.79 Å². The zero-order valence-corrected chi connectivity index (χ0v) is 14.7. The number of ether oxygens (including phenoxy) is 1. The fraction of sp³-hybridized carbons (Fsp3) is 0.400. The Balaban J connectivity index is 2.55. The molecule has 0 aromatic heterocycles. The van der Waals surface area contributed by atoms with Gasteiger partial charge in [-0.1, -0.05) is 32.0 Å². The van der Waals surface area contributed by atoms with Gasteiger partial charge in [0.25, 0.3) is 5.91 Å². The summed E-state index contributed by atoms with van der Waals surface area (Å²) in [5.74, 6) is -2.01. The molecule has 0 fully saturated rings. The molecule has 0 heterocycles. The van der Waals surface area contributed by atoms with Crippen LogP contribution >= 0.6 is 0 Å². The summed E-state index contributed by atoms with van der Waals surface area (Å²) in [6.07, 6.45) is -1.48. The Bertz CT molecular complexity index is 718. The first-order chi connectivity index (χ1) is 11.6. The maximum Gasteiger partial charge on any atom is 0.318 e. The van der Waals surface area contributed by atoms with Crippen LogP contribution in [0.3, 0.4) is 0 Å². The van der Waals surface area contributed by atoms with E-state index in [1.165, 1.54) is 12.1 Å². The highest BCUT2D eigenvalue weighted by Crippen LogP contribution is 2.09. The topological polar surface area (TPSA) is 145 Å². The number of rotatable bonds is 8. The third kappa shape index (κ3) is 6.89. The molecule has 1 rings (SSSR count). The smallest absolute Gasteiger partial charge is 0.318 e. The summed E-state index contributed by atoms with van der Waals surface area (Å²) in [6.45, 7) is 3.05. The lowest BCUT2D eigenvalue weighted by Gasteiger charge is -2.19. The number of imide groups is 1. The van der Waals surface area contributed by atoms with Crippen molar-refractivity contribution < 1.29 is 27.5 Å². The average molecular weight is 371 g/mol. The van der Waals surface area contributed by atoms with E-state index in [0.717, 1.165) is 0 Å². The van der Waals surface area contributed by atoms with Crippen LogP contribution in [-0.4, -0.2) is 39.0 Å². The molecule has 0 spiro atoms. The largest absolute Gasteiger partial charge is 0.452 e. The Labute approximate surface area is 146 Å². The second-order valence-corrected chi connectivity index (χ2v) is 7.24. The summed E-state index contributed by atoms with van der Waals surface area (Å²) in [5, 5.41) is 1.84. The van der Waals surface area contributed by atoms with Crippen molar-refractivity contribution >= 4 is 27.9 Å². The Kier molecular flexibility index (Phi) is 7.52. The van der Waals surface area contributed by atoms with Gasteiger partial charge in [0.2, 0.25) is 10.0 Å². The van der Waals surface area contributed by atoms with Crippen molar-refractivity contribution in [2.75, 3.05) is 6.54 Å². The van der Waals surface area contributed by atoms with Gasteiger partial charge in [0, 0.05) is 6.54 Å². The number of carbonyl (C=O) groups is 3. The van der Waals surface area contributed by atoms with Crippen LogP contribution in [0.2, 0.25) is 0 Å². The number of hydrogen-bond donors (Lipinski definition) is 3. The van der Waals surface area contributed by atoms with Crippen molar-refractivity contribution in [3.63, 3.8) is 0 Å². The number of urea groups is 1. The van der Waals surface area contributed by atoms with Crippen LogP contribution in [0.25, 0.3) is 0 Å². The minimum atomic E-state index is -3.73. The second-order valence-electron chi connectivity index (χ2n) is 5.47. The van der Waals surface area contributed by atoms with Crippen LogP contribution < -0.4 is 15.8 Å². The van der Waals surface area contributed by atoms with E-state index in [9.17, 15) is 22.8 Å². The third-order valence-corrected chi connectivity index (χ3v) is 4.52. The van der Waals surface area contributed by atoms with Crippen LogP contribution in [0, 0.1) is 5.92 Å². The van der Waals surface area contributed by atoms with Crippen molar-refractivity contribution in [2.45, 2.75) is 31.3 Å². The molecule has 0 aliphatic rings. The number of hydrogen-bond acceptors (Lipinski definition) is 6. The summed E-state index contributed by atoms with van der Waals surface area (Å²) >= 11 is 0. The van der Waals surface area contributed by atoms with Gasteiger partial charge < -0.3 is 10.5 Å². The number of nitrogens with one attached hydrogen (secondary N) is 2. The molecule has 0 saturated heterocycles. The molecule has 1 aromatic rings. The van der Waals surface area contributed by atoms with E-state index in [1.807, 2.05) is 5.32 Å². The Morgan fingerprint density at radius 1 is 1.16 bits per heavy atom. The number of sulfonamides is 1. The number of esters is 1. The quantitative estimate of drug-likeness (QED) is 0.553. The zero-order valence-electron chi connectivity index (χ0n) is 13.9. The predicted octanol–water partition coefficient (Wildman–Crippen LogP) is 0.118. The highest BCUT2D eigenvalue weighted by atomic mass is 32.2. The molecule has 0 bridgehead atoms. The van der Waals surface area contributed by atoms with E-state index in [4.69, 9.17) is 10.5 Å². The molecule has 0 radical (unpaired) electrons. The summed E-state index contributed by atoms with van der Waals surface area (Å²) in [5.41, 5.74) is 4.86. The average Bonchev–Trinajstić information content (AvgIpc) is 2.52. The molecule has 1 aromatic carbocycles. The first-order valence-electron chi connectivity index (χ1n) is 7.48. The molecule has 0 aliphatic heterocycles. The minimum Gasteiger partial charge on any atom is -0.452 e. The summed E-state index contributed by atoms with van der Waals surface area (Å²) in [6, 6.07) is 6.62. The molecule has 4 N–H and O–H groups in total. The molecule has 0 saturated carbocycles. The van der Waals surface area contributed by atoms with Gasteiger partial charge in [-0.3, -0.25) is 14.9 Å². The number of primary amides is 1. The van der Waals surface area contributed by atoms with Gasteiger partial charge in [0.05, 0.1) is 11.3 Å². The summed E-state index contributed by atoms with van der Waals surface area (Å²) < 4.78 is 31.3. The number of amides is 3. The molecule has 10 heteroatoms. The number of benzene rings is 1. The van der Waals surface area contributed by atoms with Crippen molar-refractivity contribution in [1.29, 1.82) is 0 Å². The third-order valence-electron chi connectivity index (χ3n) is 3.04. The van der Waals surface area contributed by atoms with Crippen LogP contribution in [0.1, 0.15) is 20.3 Å². The van der Waals surface area contributed by atoms with E-state index in [-0.39, 0.29) is 17.9 Å². The van der Waals surface area contributed by atoms with Gasteiger partial charge in [0.15, 0.2) is 6.10 Å². The zero-order chi connectivity index (χ0) is 19.0. The lowest BCUT2D eigenvalue weighted by Crippen LogP contribution is -2.45. The van der Waals surface area contributed by atoms with Crippen LogP contribution in [-0.2, 0) is 24.3 Å². The standard InChI is InChI=1S/C15H21N3O6S/c1-10(2)13(14(20)18-15(16)21)24-12(19)8-9-17-25(22,23)11-6-4-3-5-7-11/h3-7,10,13,17H,8-9H2,1-2H3,(H3,16,18,20,21)/t13-/m1/s1. The molecule has 9 nitrogen and oxygen atoms in total. The van der Waals surface area contributed by atoms with Gasteiger partial charge >= 0.3 is 12.0 Å². The van der Waals surface area contributed by atoms with Gasteiger partial charge in [-0.05, 0) is 18.1 Å². The lowest BCUT2D eigenvalue weighted by molar-refractivity contribution is -0.158. The van der Waals surface area contributed by atoms with Gasteiger partial charge in [-0.25, -0.2) is 17.9 Å². The maximum atomic E-state index is 12.0. The molecule has 138 valence electrons. The van der Waals surface area contributed by atoms with Gasteiger partial charge in [0.1, 0.15) is 0 Å². The molecular weight excluding hydrogens is 350 g/mol. The maximum absolute atomic E-state index is 12.0. The Hall–Kier alpha value is -2.46. The minimum absolute atomic E-state index is 0.0734. The van der Waals surface area contributed by atoms with Crippen LogP contribution in [0.15, 0.2) is 35.2 Å². The van der Waals surface area contributed by atoms with Gasteiger partial charge in [-0.15, -0.1) is 0 Å². The Morgan fingerprint density at radius 2 is 1.76 bits per heavy atom. The molecule has 0 unspecified atom stereocenters. The van der Waals surface area contributed by atoms with E-state index in [1.54, 1.807) is 32.0 Å². The van der Waals surface area contributed by atoms with E-state index in [2.05, 4.69) is 4.72 Å². The number of nitrogens with two attached hydrogens (primary N) is 1. The predicted molar refractivity (Wildman–Crippen MR) is 88.7 cm³/mol. The molecule has 0 aliphatic carbocycles. The fourth-order valence-corrected chi connectivity index (χ4v) is 2.91. The molecular formula is C15H21N3O6S. The highest BCUT2D eigenvalue weighted by molar-refractivity contribution is 7.89. The van der Waals surface area contributed by atoms with E-state index >= 15 is 0 Å². The fourth-order valence-electron chi connectivity index (χ4n) is 1.86. The van der Waals surface area contributed by atoms with Crippen molar-refractivity contribution in [3.8, 4) is 0 Å². The van der Waals surface area contributed by atoms with Crippen molar-refractivity contribution in [1.82, 2.24) is 10.0 Å². The Morgan fingerprint density at radius 3 is 2.28 bits per heavy atom. The first kappa shape index (κ1) is 20.6. The van der Waals surface area contributed by atoms with Crippen LogP contribution in [0.5, 0.6) is 0 Å². The van der Waals surface area contributed by atoms with E-state index in [0.29, 0.717) is 0 Å². The molecule has 3 amide bonds. The summed E-state index contributed by atoms with van der Waals surface area (Å²) in [4.78, 5) is 34.4. The summed E-state index contributed by atoms with van der Waals surface area (Å²) in [7, 11) is -3.73. The van der Waals surface area contributed by atoms with Crippen molar-refractivity contribution in [2.24, 2.45) is 11.7 Å². The lowest BCUT2D eigenvalue weighted by atomic mass is 10.1. The SMILES string of the molecule is CC(C)[C@@H](OC(=O)CCNS(=O)(=O)c1ccccc1)C(=O)NC(N)=O. The van der Waals surface area contributed by atoms with E-state index < -0.39 is 40.0 Å². The molecule has 1 atom stereocenters. The second kappa shape index (κ2) is 9.14.